The van der Waals surface area contributed by atoms with Crippen LogP contribution in [-0.2, 0) is 0 Å². The number of piperidine rings is 1. The topological polar surface area (TPSA) is 29.3 Å². The van der Waals surface area contributed by atoms with Crippen LogP contribution in [0, 0.1) is 0 Å². The monoisotopic (exact) mass is 216 g/mol. The Labute approximate surface area is 97.8 Å². The van der Waals surface area contributed by atoms with Crippen molar-refractivity contribution in [3.8, 4) is 0 Å². The zero-order valence-corrected chi connectivity index (χ0v) is 9.68. The van der Waals surface area contributed by atoms with E-state index < -0.39 is 0 Å². The normalized spacial score (nSPS) is 22.7. The van der Waals surface area contributed by atoms with Crippen LogP contribution in [0.5, 0.6) is 0 Å². The van der Waals surface area contributed by atoms with Gasteiger partial charge in [0, 0.05) is 19.1 Å². The Kier molecular flexibility index (Phi) is 4.14. The predicted molar refractivity (Wildman–Crippen MR) is 69.1 cm³/mol. The first-order valence-electron chi connectivity index (χ1n) is 6.04. The molecular formula is C14H20N2. The van der Waals surface area contributed by atoms with E-state index in [4.69, 9.17) is 5.73 Å². The van der Waals surface area contributed by atoms with Crippen LogP contribution in [0.3, 0.4) is 0 Å². The molecule has 0 spiro atoms. The molecule has 1 unspecified atom stereocenters. The molecule has 1 aliphatic heterocycles. The summed E-state index contributed by atoms with van der Waals surface area (Å²) in [7, 11) is 0. The third-order valence-corrected chi connectivity index (χ3v) is 3.02. The first-order chi connectivity index (χ1) is 7.84. The van der Waals surface area contributed by atoms with E-state index in [1.165, 1.54) is 24.9 Å². The molecule has 0 radical (unpaired) electrons. The second-order valence-corrected chi connectivity index (χ2v) is 4.47. The lowest BCUT2D eigenvalue weighted by Gasteiger charge is -2.29. The van der Waals surface area contributed by atoms with Crippen LogP contribution in [0.4, 0.5) is 0 Å². The fraction of sp³-hybridized carbons (Fsp3) is 0.429. The minimum absolute atomic E-state index is 0.374. The molecule has 2 N–H and O–H groups in total. The fourth-order valence-electron chi connectivity index (χ4n) is 2.16. The number of benzene rings is 1. The molecule has 1 aromatic carbocycles. The maximum Gasteiger partial charge on any atom is 0.0168 e. The fourth-order valence-corrected chi connectivity index (χ4v) is 2.16. The number of nitrogens with two attached hydrogens (primary N) is 1. The summed E-state index contributed by atoms with van der Waals surface area (Å²) in [6, 6.07) is 10.8. The van der Waals surface area contributed by atoms with Crippen molar-refractivity contribution in [3.05, 3.63) is 42.0 Å². The van der Waals surface area contributed by atoms with Gasteiger partial charge in [-0.1, -0.05) is 42.5 Å². The van der Waals surface area contributed by atoms with E-state index in [-0.39, 0.29) is 0 Å². The number of hydrogen-bond donors (Lipinski definition) is 1. The van der Waals surface area contributed by atoms with Crippen LogP contribution in [-0.4, -0.2) is 30.6 Å². The molecule has 1 fully saturated rings. The van der Waals surface area contributed by atoms with Gasteiger partial charge in [0.1, 0.15) is 0 Å². The molecule has 1 aliphatic rings. The van der Waals surface area contributed by atoms with Crippen LogP contribution < -0.4 is 5.73 Å². The zero-order chi connectivity index (χ0) is 11.2. The van der Waals surface area contributed by atoms with Crippen LogP contribution in [0.15, 0.2) is 36.4 Å². The van der Waals surface area contributed by atoms with Crippen molar-refractivity contribution in [1.82, 2.24) is 4.90 Å². The molecular weight excluding hydrogens is 196 g/mol. The molecule has 86 valence electrons. The first-order valence-corrected chi connectivity index (χ1v) is 6.04. The molecule has 1 aromatic rings. The van der Waals surface area contributed by atoms with Gasteiger partial charge in [-0.25, -0.2) is 0 Å². The number of rotatable bonds is 3. The second-order valence-electron chi connectivity index (χ2n) is 4.47. The van der Waals surface area contributed by atoms with Gasteiger partial charge in [-0.2, -0.15) is 0 Å². The summed E-state index contributed by atoms with van der Waals surface area (Å²) in [5.74, 6) is 0. The van der Waals surface area contributed by atoms with Gasteiger partial charge in [-0.05, 0) is 24.9 Å². The molecule has 0 bridgehead atoms. The molecule has 2 rings (SSSR count). The highest BCUT2D eigenvalue weighted by atomic mass is 15.1. The minimum atomic E-state index is 0.374. The van der Waals surface area contributed by atoms with Gasteiger partial charge < -0.3 is 5.73 Å². The van der Waals surface area contributed by atoms with E-state index in [9.17, 15) is 0 Å². The highest BCUT2D eigenvalue weighted by Crippen LogP contribution is 2.08. The number of likely N-dealkylation sites (tertiary alicyclic amines) is 1. The molecule has 1 saturated heterocycles. The average molecular weight is 216 g/mol. The summed E-state index contributed by atoms with van der Waals surface area (Å²) in [5.41, 5.74) is 7.21. The van der Waals surface area contributed by atoms with Gasteiger partial charge in [-0.15, -0.1) is 0 Å². The molecule has 16 heavy (non-hydrogen) atoms. The van der Waals surface area contributed by atoms with Crippen LogP contribution in [0.1, 0.15) is 18.4 Å². The van der Waals surface area contributed by atoms with Gasteiger partial charge in [0.2, 0.25) is 0 Å². The van der Waals surface area contributed by atoms with Gasteiger partial charge in [0.15, 0.2) is 0 Å². The first kappa shape index (κ1) is 11.4. The van der Waals surface area contributed by atoms with E-state index in [0.29, 0.717) is 6.04 Å². The Balaban J connectivity index is 1.80. The Morgan fingerprint density at radius 3 is 2.88 bits per heavy atom. The van der Waals surface area contributed by atoms with Gasteiger partial charge in [0.25, 0.3) is 0 Å². The summed E-state index contributed by atoms with van der Waals surface area (Å²) in [6.45, 7) is 3.24. The standard InChI is InChI=1S/C14H20N2/c15-14-9-5-11-16(12-14)10-4-8-13-6-2-1-3-7-13/h1-4,6-8,14H,5,9-12,15H2. The van der Waals surface area contributed by atoms with E-state index in [2.05, 4.69) is 41.3 Å². The summed E-state index contributed by atoms with van der Waals surface area (Å²) >= 11 is 0. The van der Waals surface area contributed by atoms with Crippen molar-refractivity contribution >= 4 is 6.08 Å². The molecule has 1 atom stereocenters. The van der Waals surface area contributed by atoms with E-state index in [1.807, 2.05) is 6.07 Å². The van der Waals surface area contributed by atoms with Gasteiger partial charge >= 0.3 is 0 Å². The van der Waals surface area contributed by atoms with Gasteiger partial charge in [-0.3, -0.25) is 4.90 Å². The van der Waals surface area contributed by atoms with Crippen molar-refractivity contribution in [2.75, 3.05) is 19.6 Å². The summed E-state index contributed by atoms with van der Waals surface area (Å²) < 4.78 is 0. The summed E-state index contributed by atoms with van der Waals surface area (Å²) in [6.07, 6.45) is 6.83. The molecule has 0 amide bonds. The van der Waals surface area contributed by atoms with Crippen LogP contribution >= 0.6 is 0 Å². The minimum Gasteiger partial charge on any atom is -0.327 e. The lowest BCUT2D eigenvalue weighted by molar-refractivity contribution is 0.229. The molecule has 0 aliphatic carbocycles. The number of hydrogen-bond acceptors (Lipinski definition) is 2. The number of nitrogens with zero attached hydrogens (tertiary/aromatic N) is 1. The average Bonchev–Trinajstić information content (AvgIpc) is 2.30. The highest BCUT2D eigenvalue weighted by molar-refractivity contribution is 5.48. The largest absolute Gasteiger partial charge is 0.327 e. The Morgan fingerprint density at radius 2 is 2.12 bits per heavy atom. The molecule has 2 nitrogen and oxygen atoms in total. The zero-order valence-electron chi connectivity index (χ0n) is 9.68. The third kappa shape index (κ3) is 3.47. The molecule has 0 aromatic heterocycles. The molecule has 0 saturated carbocycles. The lowest BCUT2D eigenvalue weighted by atomic mass is 10.1. The van der Waals surface area contributed by atoms with E-state index in [1.54, 1.807) is 0 Å². The lowest BCUT2D eigenvalue weighted by Crippen LogP contribution is -2.42. The van der Waals surface area contributed by atoms with Crippen LogP contribution in [0.25, 0.3) is 6.08 Å². The quantitative estimate of drug-likeness (QED) is 0.838. The van der Waals surface area contributed by atoms with Crippen molar-refractivity contribution in [3.63, 3.8) is 0 Å². The molecule has 2 heteroatoms. The predicted octanol–water partition coefficient (Wildman–Crippen LogP) is 2.12. The van der Waals surface area contributed by atoms with Crippen molar-refractivity contribution < 1.29 is 0 Å². The Hall–Kier alpha value is -1.12. The van der Waals surface area contributed by atoms with Gasteiger partial charge in [0.05, 0.1) is 0 Å². The highest BCUT2D eigenvalue weighted by Gasteiger charge is 2.14. The van der Waals surface area contributed by atoms with Crippen molar-refractivity contribution in [1.29, 1.82) is 0 Å². The van der Waals surface area contributed by atoms with Crippen molar-refractivity contribution in [2.45, 2.75) is 18.9 Å². The maximum atomic E-state index is 5.94. The summed E-state index contributed by atoms with van der Waals surface area (Å²) in [4.78, 5) is 2.42. The van der Waals surface area contributed by atoms with E-state index in [0.717, 1.165) is 13.1 Å². The van der Waals surface area contributed by atoms with Crippen LogP contribution in [0.2, 0.25) is 0 Å². The summed E-state index contributed by atoms with van der Waals surface area (Å²) in [5, 5.41) is 0. The van der Waals surface area contributed by atoms with E-state index >= 15 is 0 Å². The van der Waals surface area contributed by atoms with Crippen molar-refractivity contribution in [2.24, 2.45) is 5.73 Å². The Morgan fingerprint density at radius 1 is 1.31 bits per heavy atom. The second kappa shape index (κ2) is 5.83. The smallest absolute Gasteiger partial charge is 0.0168 e. The maximum absolute atomic E-state index is 5.94. The third-order valence-electron chi connectivity index (χ3n) is 3.02. The Bertz CT molecular complexity index is 332. The SMILES string of the molecule is NC1CCCN(CC=Cc2ccccc2)C1. The molecule has 1 heterocycles.